The molecule has 0 aliphatic rings. The summed E-state index contributed by atoms with van der Waals surface area (Å²) in [4.78, 5) is 0. The molecule has 0 saturated heterocycles. The van der Waals surface area contributed by atoms with Crippen molar-refractivity contribution < 1.29 is 0 Å². The van der Waals surface area contributed by atoms with Crippen LogP contribution in [-0.4, -0.2) is 26.8 Å². The van der Waals surface area contributed by atoms with Crippen LogP contribution in [0, 0.1) is 0 Å². The lowest BCUT2D eigenvalue weighted by Crippen LogP contribution is -2.12. The molecule has 3 nitrogen and oxygen atoms in total. The summed E-state index contributed by atoms with van der Waals surface area (Å²) in [5.74, 6) is 2.35. The Labute approximate surface area is 94.2 Å². The second kappa shape index (κ2) is 5.03. The molecule has 5 heteroatoms. The van der Waals surface area contributed by atoms with Crippen molar-refractivity contribution in [3.05, 3.63) is 11.1 Å². The van der Waals surface area contributed by atoms with Crippen LogP contribution in [0.1, 0.15) is 38.6 Å². The Morgan fingerprint density at radius 2 is 2.00 bits per heavy atom. The monoisotopic (exact) mass is 233 g/mol. The molecule has 1 unspecified atom stereocenters. The zero-order valence-corrected chi connectivity index (χ0v) is 10.6. The van der Waals surface area contributed by atoms with Crippen LogP contribution in [0.15, 0.2) is 0 Å². The molecule has 1 aromatic rings. The minimum atomic E-state index is 0.352. The van der Waals surface area contributed by atoms with E-state index < -0.39 is 0 Å². The van der Waals surface area contributed by atoms with Crippen molar-refractivity contribution in [3.8, 4) is 0 Å². The first-order chi connectivity index (χ1) is 6.57. The summed E-state index contributed by atoms with van der Waals surface area (Å²) in [5, 5.41) is 8.50. The van der Waals surface area contributed by atoms with Gasteiger partial charge in [0.2, 0.25) is 5.28 Å². The van der Waals surface area contributed by atoms with Gasteiger partial charge in [0.1, 0.15) is 5.82 Å². The fourth-order valence-corrected chi connectivity index (χ4v) is 2.32. The highest BCUT2D eigenvalue weighted by Crippen LogP contribution is 2.23. The van der Waals surface area contributed by atoms with Crippen molar-refractivity contribution in [2.75, 3.05) is 12.0 Å². The van der Waals surface area contributed by atoms with E-state index in [0.717, 1.165) is 11.6 Å². The van der Waals surface area contributed by atoms with Crippen molar-refractivity contribution in [2.24, 2.45) is 0 Å². The van der Waals surface area contributed by atoms with Gasteiger partial charge in [-0.2, -0.15) is 11.8 Å². The Hall–Kier alpha value is -0.220. The van der Waals surface area contributed by atoms with Crippen molar-refractivity contribution in [3.63, 3.8) is 0 Å². The van der Waals surface area contributed by atoms with Crippen molar-refractivity contribution in [2.45, 2.75) is 32.7 Å². The van der Waals surface area contributed by atoms with Crippen LogP contribution < -0.4 is 0 Å². The Kier molecular flexibility index (Phi) is 4.26. The van der Waals surface area contributed by atoms with Gasteiger partial charge < -0.3 is 0 Å². The van der Waals surface area contributed by atoms with E-state index in [4.69, 9.17) is 11.6 Å². The third-order valence-corrected chi connectivity index (χ3v) is 3.12. The molecule has 0 N–H and O–H groups in total. The Balaban J connectivity index is 2.98. The van der Waals surface area contributed by atoms with Crippen LogP contribution in [-0.2, 0) is 0 Å². The van der Waals surface area contributed by atoms with Gasteiger partial charge in [0, 0.05) is 17.7 Å². The lowest BCUT2D eigenvalue weighted by atomic mass is 10.2. The van der Waals surface area contributed by atoms with Crippen molar-refractivity contribution >= 4 is 23.4 Å². The van der Waals surface area contributed by atoms with E-state index in [1.807, 2.05) is 4.57 Å². The van der Waals surface area contributed by atoms with Crippen molar-refractivity contribution in [1.29, 1.82) is 0 Å². The minimum absolute atomic E-state index is 0.352. The van der Waals surface area contributed by atoms with E-state index in [0.29, 0.717) is 17.2 Å². The summed E-state index contributed by atoms with van der Waals surface area (Å²) in [7, 11) is 0. The molecule has 0 radical (unpaired) electrons. The van der Waals surface area contributed by atoms with Crippen LogP contribution in [0.25, 0.3) is 0 Å². The molecule has 1 atom stereocenters. The fraction of sp³-hybridized carbons (Fsp3) is 0.778. The molecule has 80 valence electrons. The topological polar surface area (TPSA) is 30.7 Å². The summed E-state index contributed by atoms with van der Waals surface area (Å²) >= 11 is 7.80. The first-order valence-corrected chi connectivity index (χ1v) is 6.44. The molecule has 14 heavy (non-hydrogen) atoms. The predicted octanol–water partition coefficient (Wildman–Crippen LogP) is 2.98. The Bertz CT molecular complexity index is 298. The number of halogens is 1. The van der Waals surface area contributed by atoms with Gasteiger partial charge in [-0.05, 0) is 24.8 Å². The smallest absolute Gasteiger partial charge is 0.225 e. The van der Waals surface area contributed by atoms with Gasteiger partial charge in [-0.25, -0.2) is 0 Å². The number of hydrogen-bond acceptors (Lipinski definition) is 3. The SMILES string of the molecule is CSCC(C)n1c(Cl)nnc1C(C)C. The normalized spacial score (nSPS) is 13.6. The first-order valence-electron chi connectivity index (χ1n) is 4.67. The summed E-state index contributed by atoms with van der Waals surface area (Å²) < 4.78 is 2.02. The third-order valence-electron chi connectivity index (χ3n) is 2.05. The van der Waals surface area contributed by atoms with Crippen LogP contribution in [0.2, 0.25) is 5.28 Å². The van der Waals surface area contributed by atoms with Gasteiger partial charge in [-0.15, -0.1) is 10.2 Å². The standard InChI is InChI=1S/C9H16ClN3S/c1-6(2)8-11-12-9(10)13(8)7(3)5-14-4/h6-7H,5H2,1-4H3. The number of hydrogen-bond donors (Lipinski definition) is 0. The molecule has 0 fully saturated rings. The third kappa shape index (κ3) is 2.42. The van der Waals surface area contributed by atoms with Crippen LogP contribution in [0.3, 0.4) is 0 Å². The molecule has 0 aliphatic heterocycles. The molecule has 0 amide bonds. The van der Waals surface area contributed by atoms with Gasteiger partial charge in [0.15, 0.2) is 0 Å². The maximum atomic E-state index is 6.00. The second-order valence-corrected chi connectivity index (χ2v) is 4.91. The Morgan fingerprint density at radius 1 is 1.36 bits per heavy atom. The van der Waals surface area contributed by atoms with Gasteiger partial charge in [0.25, 0.3) is 0 Å². The average Bonchev–Trinajstić information content (AvgIpc) is 2.47. The lowest BCUT2D eigenvalue weighted by Gasteiger charge is -2.16. The van der Waals surface area contributed by atoms with Gasteiger partial charge >= 0.3 is 0 Å². The zero-order valence-electron chi connectivity index (χ0n) is 8.99. The van der Waals surface area contributed by atoms with E-state index in [1.165, 1.54) is 0 Å². The summed E-state index contributed by atoms with van der Waals surface area (Å²) in [5.41, 5.74) is 0. The largest absolute Gasteiger partial charge is 0.298 e. The quantitative estimate of drug-likeness (QED) is 0.801. The van der Waals surface area contributed by atoms with E-state index in [1.54, 1.807) is 11.8 Å². The molecule has 0 aliphatic carbocycles. The second-order valence-electron chi connectivity index (χ2n) is 3.66. The number of nitrogens with zero attached hydrogens (tertiary/aromatic N) is 3. The van der Waals surface area contributed by atoms with E-state index >= 15 is 0 Å². The average molecular weight is 234 g/mol. The lowest BCUT2D eigenvalue weighted by molar-refractivity contribution is 0.557. The number of aromatic nitrogens is 3. The van der Waals surface area contributed by atoms with E-state index in [9.17, 15) is 0 Å². The Morgan fingerprint density at radius 3 is 2.50 bits per heavy atom. The number of thioether (sulfide) groups is 1. The van der Waals surface area contributed by atoms with Gasteiger partial charge in [-0.3, -0.25) is 4.57 Å². The highest BCUT2D eigenvalue weighted by Gasteiger charge is 2.17. The highest BCUT2D eigenvalue weighted by atomic mass is 35.5. The molecule has 1 rings (SSSR count). The van der Waals surface area contributed by atoms with Gasteiger partial charge in [0.05, 0.1) is 0 Å². The van der Waals surface area contributed by atoms with Crippen LogP contribution >= 0.6 is 23.4 Å². The molecule has 0 spiro atoms. The van der Waals surface area contributed by atoms with Crippen LogP contribution in [0.5, 0.6) is 0 Å². The maximum absolute atomic E-state index is 6.00. The van der Waals surface area contributed by atoms with Crippen molar-refractivity contribution in [1.82, 2.24) is 14.8 Å². The predicted molar refractivity (Wildman–Crippen MR) is 62.2 cm³/mol. The molecule has 0 saturated carbocycles. The summed E-state index contributed by atoms with van der Waals surface area (Å²) in [6, 6.07) is 0.352. The molecule has 0 bridgehead atoms. The highest BCUT2D eigenvalue weighted by molar-refractivity contribution is 7.98. The zero-order chi connectivity index (χ0) is 10.7. The number of rotatable bonds is 4. The van der Waals surface area contributed by atoms with Gasteiger partial charge in [-0.1, -0.05) is 13.8 Å². The minimum Gasteiger partial charge on any atom is -0.298 e. The van der Waals surface area contributed by atoms with E-state index in [2.05, 4.69) is 37.2 Å². The fourth-order valence-electron chi connectivity index (χ4n) is 1.40. The molecule has 0 aromatic carbocycles. The summed E-state index contributed by atoms with van der Waals surface area (Å²) in [6.07, 6.45) is 2.09. The molecule has 1 aromatic heterocycles. The summed E-state index contributed by atoms with van der Waals surface area (Å²) in [6.45, 7) is 6.34. The first kappa shape index (κ1) is 11.9. The molecule has 1 heterocycles. The molecular weight excluding hydrogens is 218 g/mol. The molecular formula is C9H16ClN3S. The van der Waals surface area contributed by atoms with E-state index in [-0.39, 0.29) is 0 Å². The van der Waals surface area contributed by atoms with Crippen LogP contribution in [0.4, 0.5) is 0 Å². The maximum Gasteiger partial charge on any atom is 0.225 e.